The summed E-state index contributed by atoms with van der Waals surface area (Å²) in [5.41, 5.74) is 7.14. The van der Waals surface area contributed by atoms with Crippen molar-refractivity contribution in [3.8, 4) is 5.75 Å². The molecule has 17 heavy (non-hydrogen) atoms. The predicted octanol–water partition coefficient (Wildman–Crippen LogP) is 3.32. The van der Waals surface area contributed by atoms with Crippen LogP contribution in [0.2, 0.25) is 0 Å². The molecule has 0 radical (unpaired) electrons. The van der Waals surface area contributed by atoms with Crippen molar-refractivity contribution in [2.24, 2.45) is 11.7 Å². The van der Waals surface area contributed by atoms with E-state index >= 15 is 0 Å². The van der Waals surface area contributed by atoms with E-state index in [0.717, 1.165) is 24.6 Å². The number of para-hydroxylation sites is 1. The number of benzene rings is 1. The fraction of sp³-hybridized carbons (Fsp3) is 0.600. The molecular formula is C15H23NO. The molecule has 1 atom stereocenters. The Morgan fingerprint density at radius 1 is 1.29 bits per heavy atom. The summed E-state index contributed by atoms with van der Waals surface area (Å²) >= 11 is 0. The molecule has 1 aliphatic carbocycles. The van der Waals surface area contributed by atoms with Gasteiger partial charge in [0.25, 0.3) is 0 Å². The number of nitrogens with two attached hydrogens (primary N) is 1. The van der Waals surface area contributed by atoms with Crippen molar-refractivity contribution >= 4 is 0 Å². The third kappa shape index (κ3) is 2.81. The van der Waals surface area contributed by atoms with Gasteiger partial charge in [0.2, 0.25) is 0 Å². The van der Waals surface area contributed by atoms with Crippen molar-refractivity contribution in [2.45, 2.75) is 38.0 Å². The van der Waals surface area contributed by atoms with Crippen molar-refractivity contribution < 1.29 is 4.74 Å². The molecule has 0 heterocycles. The van der Waals surface area contributed by atoms with E-state index in [2.05, 4.69) is 18.2 Å². The average Bonchev–Trinajstić information content (AvgIpc) is 2.89. The van der Waals surface area contributed by atoms with Gasteiger partial charge >= 0.3 is 0 Å². The van der Waals surface area contributed by atoms with Gasteiger partial charge in [-0.3, -0.25) is 0 Å². The molecule has 2 rings (SSSR count). The molecule has 1 saturated carbocycles. The second-order valence-electron chi connectivity index (χ2n) is 4.97. The average molecular weight is 233 g/mol. The molecule has 2 N–H and O–H groups in total. The molecule has 1 aliphatic rings. The van der Waals surface area contributed by atoms with Crippen LogP contribution in [0.5, 0.6) is 5.75 Å². The number of ether oxygens (including phenoxy) is 1. The first kappa shape index (κ1) is 12.4. The highest BCUT2D eigenvalue weighted by Gasteiger charge is 2.27. The normalized spacial score (nSPS) is 18.2. The van der Waals surface area contributed by atoms with Gasteiger partial charge in [-0.2, -0.15) is 0 Å². The fourth-order valence-corrected chi connectivity index (χ4v) is 3.16. The standard InChI is InChI=1S/C15H23NO/c1-17-15-9-5-4-8-14(15)13(10-11-16)12-6-2-3-7-12/h4-5,8-9,12-13H,2-3,6-7,10-11,16H2,1H3. The summed E-state index contributed by atoms with van der Waals surface area (Å²) in [6.07, 6.45) is 6.53. The van der Waals surface area contributed by atoms with E-state index in [1.165, 1.54) is 31.2 Å². The highest BCUT2D eigenvalue weighted by molar-refractivity contribution is 5.36. The Bertz CT molecular complexity index is 345. The third-order valence-electron chi connectivity index (χ3n) is 3.98. The maximum absolute atomic E-state index is 5.79. The summed E-state index contributed by atoms with van der Waals surface area (Å²) in [6.45, 7) is 0.763. The molecule has 1 fully saturated rings. The number of methoxy groups -OCH3 is 1. The first-order chi connectivity index (χ1) is 8.36. The molecule has 0 aromatic heterocycles. The Morgan fingerprint density at radius 3 is 2.65 bits per heavy atom. The minimum Gasteiger partial charge on any atom is -0.496 e. The van der Waals surface area contributed by atoms with Crippen molar-refractivity contribution in [2.75, 3.05) is 13.7 Å². The predicted molar refractivity (Wildman–Crippen MR) is 71.4 cm³/mol. The Hall–Kier alpha value is -1.02. The molecule has 1 unspecified atom stereocenters. The Labute approximate surface area is 104 Å². The maximum atomic E-state index is 5.79. The monoisotopic (exact) mass is 233 g/mol. The minimum absolute atomic E-state index is 0.582. The zero-order valence-corrected chi connectivity index (χ0v) is 10.7. The van der Waals surface area contributed by atoms with Crippen LogP contribution < -0.4 is 10.5 Å². The second-order valence-corrected chi connectivity index (χ2v) is 4.97. The highest BCUT2D eigenvalue weighted by Crippen LogP contribution is 2.41. The lowest BCUT2D eigenvalue weighted by atomic mass is 9.82. The lowest BCUT2D eigenvalue weighted by molar-refractivity contribution is 0.374. The Balaban J connectivity index is 2.24. The van der Waals surface area contributed by atoms with Crippen molar-refractivity contribution in [3.05, 3.63) is 29.8 Å². The molecule has 0 amide bonds. The summed E-state index contributed by atoms with van der Waals surface area (Å²) < 4.78 is 5.49. The van der Waals surface area contributed by atoms with Crippen molar-refractivity contribution in [1.82, 2.24) is 0 Å². The smallest absolute Gasteiger partial charge is 0.122 e. The summed E-state index contributed by atoms with van der Waals surface area (Å²) in [5.74, 6) is 2.41. The van der Waals surface area contributed by atoms with Crippen LogP contribution in [0.1, 0.15) is 43.6 Å². The molecular weight excluding hydrogens is 210 g/mol. The van der Waals surface area contributed by atoms with Gasteiger partial charge in [0.15, 0.2) is 0 Å². The summed E-state index contributed by atoms with van der Waals surface area (Å²) in [7, 11) is 1.76. The molecule has 0 spiro atoms. The minimum atomic E-state index is 0.582. The van der Waals surface area contributed by atoms with E-state index in [1.54, 1.807) is 7.11 Å². The topological polar surface area (TPSA) is 35.2 Å². The zero-order chi connectivity index (χ0) is 12.1. The molecule has 2 nitrogen and oxygen atoms in total. The van der Waals surface area contributed by atoms with E-state index in [4.69, 9.17) is 10.5 Å². The van der Waals surface area contributed by atoms with Crippen molar-refractivity contribution in [1.29, 1.82) is 0 Å². The lowest BCUT2D eigenvalue weighted by Crippen LogP contribution is -2.15. The number of rotatable bonds is 5. The van der Waals surface area contributed by atoms with Crippen LogP contribution in [0.4, 0.5) is 0 Å². The SMILES string of the molecule is COc1ccccc1C(CCN)C1CCCC1. The molecule has 0 aliphatic heterocycles. The van der Waals surface area contributed by atoms with Crippen LogP contribution in [0, 0.1) is 5.92 Å². The second kappa shape index (κ2) is 6.06. The van der Waals surface area contributed by atoms with Crippen LogP contribution in [-0.2, 0) is 0 Å². The van der Waals surface area contributed by atoms with Gasteiger partial charge in [-0.1, -0.05) is 31.0 Å². The molecule has 1 aromatic rings. The van der Waals surface area contributed by atoms with Gasteiger partial charge < -0.3 is 10.5 Å². The Kier molecular flexibility index (Phi) is 4.43. The third-order valence-corrected chi connectivity index (χ3v) is 3.98. The first-order valence-corrected chi connectivity index (χ1v) is 6.69. The van der Waals surface area contributed by atoms with E-state index < -0.39 is 0 Å². The summed E-state index contributed by atoms with van der Waals surface area (Å²) in [6, 6.07) is 8.41. The number of hydrogen-bond acceptors (Lipinski definition) is 2. The van der Waals surface area contributed by atoms with E-state index in [0.29, 0.717) is 5.92 Å². The summed E-state index contributed by atoms with van der Waals surface area (Å²) in [4.78, 5) is 0. The molecule has 1 aromatic carbocycles. The fourth-order valence-electron chi connectivity index (χ4n) is 3.16. The van der Waals surface area contributed by atoms with Crippen molar-refractivity contribution in [3.63, 3.8) is 0 Å². The van der Waals surface area contributed by atoms with Gasteiger partial charge in [-0.05, 0) is 49.3 Å². The lowest BCUT2D eigenvalue weighted by Gasteiger charge is -2.25. The van der Waals surface area contributed by atoms with Crippen LogP contribution in [0.3, 0.4) is 0 Å². The van der Waals surface area contributed by atoms with Crippen LogP contribution in [0.25, 0.3) is 0 Å². The summed E-state index contributed by atoms with van der Waals surface area (Å²) in [5, 5.41) is 0. The van der Waals surface area contributed by atoms with Crippen LogP contribution in [0.15, 0.2) is 24.3 Å². The molecule has 0 bridgehead atoms. The van der Waals surface area contributed by atoms with Crippen LogP contribution in [-0.4, -0.2) is 13.7 Å². The molecule has 2 heteroatoms. The van der Waals surface area contributed by atoms with Crippen LogP contribution >= 0.6 is 0 Å². The first-order valence-electron chi connectivity index (χ1n) is 6.69. The van der Waals surface area contributed by atoms with E-state index in [-0.39, 0.29) is 0 Å². The van der Waals surface area contributed by atoms with E-state index in [1.807, 2.05) is 6.07 Å². The molecule has 94 valence electrons. The van der Waals surface area contributed by atoms with Gasteiger partial charge in [0, 0.05) is 0 Å². The van der Waals surface area contributed by atoms with Gasteiger partial charge in [0.05, 0.1) is 7.11 Å². The Morgan fingerprint density at radius 2 is 2.00 bits per heavy atom. The van der Waals surface area contributed by atoms with E-state index in [9.17, 15) is 0 Å². The highest BCUT2D eigenvalue weighted by atomic mass is 16.5. The number of hydrogen-bond donors (Lipinski definition) is 1. The molecule has 0 saturated heterocycles. The largest absolute Gasteiger partial charge is 0.496 e. The zero-order valence-electron chi connectivity index (χ0n) is 10.7. The van der Waals surface area contributed by atoms with Gasteiger partial charge in [-0.15, -0.1) is 0 Å². The maximum Gasteiger partial charge on any atom is 0.122 e. The van der Waals surface area contributed by atoms with Gasteiger partial charge in [-0.25, -0.2) is 0 Å². The van der Waals surface area contributed by atoms with Gasteiger partial charge in [0.1, 0.15) is 5.75 Å². The quantitative estimate of drug-likeness (QED) is 0.846.